The summed E-state index contributed by atoms with van der Waals surface area (Å²) in [4.78, 5) is 6.47. The van der Waals surface area contributed by atoms with Gasteiger partial charge in [-0.05, 0) is 25.4 Å². The fourth-order valence-electron chi connectivity index (χ4n) is 2.08. The molecule has 1 atom stereocenters. The molecule has 0 spiro atoms. The van der Waals surface area contributed by atoms with Crippen molar-refractivity contribution in [3.05, 3.63) is 12.2 Å². The summed E-state index contributed by atoms with van der Waals surface area (Å²) in [6.45, 7) is 8.58. The Balaban J connectivity index is 1.92. The van der Waals surface area contributed by atoms with Gasteiger partial charge in [0.1, 0.15) is 0 Å². The van der Waals surface area contributed by atoms with Crippen molar-refractivity contribution in [3.63, 3.8) is 0 Å². The van der Waals surface area contributed by atoms with Gasteiger partial charge in [0.15, 0.2) is 5.82 Å². The zero-order valence-electron chi connectivity index (χ0n) is 10.0. The van der Waals surface area contributed by atoms with Crippen LogP contribution in [0, 0.1) is 5.92 Å². The van der Waals surface area contributed by atoms with Crippen LogP contribution in [0.4, 0.5) is 0 Å². The predicted octanol–water partition coefficient (Wildman–Crippen LogP) is 0.890. The average molecular weight is 224 g/mol. The summed E-state index contributed by atoms with van der Waals surface area (Å²) in [5.74, 6) is 1.44. The molecule has 0 aliphatic carbocycles. The third kappa shape index (κ3) is 3.02. The number of hydrogen-bond acceptors (Lipinski definition) is 5. The van der Waals surface area contributed by atoms with Crippen molar-refractivity contribution in [3.8, 4) is 0 Å². The maximum absolute atomic E-state index is 4.76. The van der Waals surface area contributed by atoms with E-state index >= 15 is 0 Å². The van der Waals surface area contributed by atoms with Crippen molar-refractivity contribution in [1.82, 2.24) is 20.4 Å². The van der Waals surface area contributed by atoms with Crippen LogP contribution in [0.2, 0.25) is 0 Å². The van der Waals surface area contributed by atoms with Crippen LogP contribution in [-0.2, 0) is 6.54 Å². The van der Waals surface area contributed by atoms with Gasteiger partial charge >= 0.3 is 0 Å². The summed E-state index contributed by atoms with van der Waals surface area (Å²) in [6.07, 6.45) is 2.58. The number of rotatable bonds is 3. The highest BCUT2D eigenvalue weighted by Crippen LogP contribution is 2.10. The fraction of sp³-hybridized carbons (Fsp3) is 0.818. The average Bonchev–Trinajstić information content (AvgIpc) is 2.62. The summed E-state index contributed by atoms with van der Waals surface area (Å²) in [5, 5.41) is 7.45. The monoisotopic (exact) mass is 224 g/mol. The minimum Gasteiger partial charge on any atom is -0.343 e. The molecule has 2 heterocycles. The van der Waals surface area contributed by atoms with Crippen LogP contribution in [0.1, 0.15) is 26.1 Å². The quantitative estimate of drug-likeness (QED) is 0.826. The lowest BCUT2D eigenvalue weighted by atomic mass is 10.0. The van der Waals surface area contributed by atoms with E-state index in [4.69, 9.17) is 4.52 Å². The van der Waals surface area contributed by atoms with E-state index in [-0.39, 0.29) is 0 Å². The lowest BCUT2D eigenvalue weighted by Crippen LogP contribution is -2.41. The first-order valence-corrected chi connectivity index (χ1v) is 5.96. The highest BCUT2D eigenvalue weighted by Gasteiger charge is 2.20. The first-order valence-electron chi connectivity index (χ1n) is 5.96. The van der Waals surface area contributed by atoms with Crippen LogP contribution in [-0.4, -0.2) is 40.7 Å². The smallest absolute Gasteiger partial charge is 0.213 e. The van der Waals surface area contributed by atoms with E-state index in [1.165, 1.54) is 12.8 Å². The third-order valence-corrected chi connectivity index (χ3v) is 3.09. The van der Waals surface area contributed by atoms with Crippen LogP contribution in [0.5, 0.6) is 0 Å². The number of hydrogen-bond donors (Lipinski definition) is 1. The molecule has 5 nitrogen and oxygen atoms in total. The predicted molar refractivity (Wildman–Crippen MR) is 60.8 cm³/mol. The summed E-state index contributed by atoms with van der Waals surface area (Å²) < 4.78 is 4.76. The molecule has 1 aromatic heterocycles. The minimum atomic E-state index is 0.564. The molecule has 1 saturated heterocycles. The van der Waals surface area contributed by atoms with Crippen LogP contribution in [0.3, 0.4) is 0 Å². The van der Waals surface area contributed by atoms with Crippen molar-refractivity contribution >= 4 is 0 Å². The molecule has 0 aromatic carbocycles. The van der Waals surface area contributed by atoms with Crippen molar-refractivity contribution in [2.75, 3.05) is 19.6 Å². The van der Waals surface area contributed by atoms with Crippen LogP contribution >= 0.6 is 0 Å². The topological polar surface area (TPSA) is 54.2 Å². The maximum atomic E-state index is 4.76. The molecule has 1 aliphatic rings. The van der Waals surface area contributed by atoms with E-state index in [9.17, 15) is 0 Å². The zero-order chi connectivity index (χ0) is 11.4. The maximum Gasteiger partial charge on any atom is 0.213 e. The Morgan fingerprint density at radius 1 is 1.62 bits per heavy atom. The van der Waals surface area contributed by atoms with E-state index in [0.29, 0.717) is 12.0 Å². The largest absolute Gasteiger partial charge is 0.343 e. The number of nitrogens with one attached hydrogen (secondary N) is 1. The van der Waals surface area contributed by atoms with Crippen molar-refractivity contribution in [2.45, 2.75) is 32.9 Å². The van der Waals surface area contributed by atoms with Crippen molar-refractivity contribution < 1.29 is 4.52 Å². The van der Waals surface area contributed by atoms with E-state index in [0.717, 1.165) is 32.0 Å². The normalized spacial score (nSPS) is 23.6. The summed E-state index contributed by atoms with van der Waals surface area (Å²) >= 11 is 0. The Hall–Kier alpha value is -0.940. The SMILES string of the molecule is CC(C)C1CN(Cc2ncon2)CCCN1. The molecule has 0 bridgehead atoms. The number of aromatic nitrogens is 2. The Kier molecular flexibility index (Phi) is 3.90. The second kappa shape index (κ2) is 5.41. The molecule has 1 fully saturated rings. The van der Waals surface area contributed by atoms with Gasteiger partial charge in [-0.25, -0.2) is 0 Å². The molecule has 1 aromatic rings. The highest BCUT2D eigenvalue weighted by atomic mass is 16.5. The molecular weight excluding hydrogens is 204 g/mol. The van der Waals surface area contributed by atoms with E-state index in [1.54, 1.807) is 0 Å². The molecule has 0 saturated carbocycles. The fourth-order valence-corrected chi connectivity index (χ4v) is 2.08. The molecule has 1 N–H and O–H groups in total. The van der Waals surface area contributed by atoms with Gasteiger partial charge in [-0.15, -0.1) is 0 Å². The van der Waals surface area contributed by atoms with Crippen molar-refractivity contribution in [1.29, 1.82) is 0 Å². The van der Waals surface area contributed by atoms with E-state index in [2.05, 4.69) is 34.2 Å². The number of nitrogens with zero attached hydrogens (tertiary/aromatic N) is 3. The highest BCUT2D eigenvalue weighted by molar-refractivity contribution is 4.83. The van der Waals surface area contributed by atoms with Crippen LogP contribution in [0.15, 0.2) is 10.9 Å². The van der Waals surface area contributed by atoms with E-state index < -0.39 is 0 Å². The standard InChI is InChI=1S/C11H20N4O/c1-9(2)10-6-15(5-3-4-12-10)7-11-13-8-16-14-11/h8-10,12H,3-7H2,1-2H3. The first kappa shape index (κ1) is 11.5. The van der Waals surface area contributed by atoms with Crippen molar-refractivity contribution in [2.24, 2.45) is 5.92 Å². The molecule has 5 heteroatoms. The summed E-state index contributed by atoms with van der Waals surface area (Å²) in [6, 6.07) is 0.564. The van der Waals surface area contributed by atoms with Gasteiger partial charge in [0, 0.05) is 12.6 Å². The molecule has 1 unspecified atom stereocenters. The Morgan fingerprint density at radius 2 is 2.50 bits per heavy atom. The van der Waals surface area contributed by atoms with Gasteiger partial charge in [0.2, 0.25) is 6.39 Å². The Morgan fingerprint density at radius 3 is 3.19 bits per heavy atom. The van der Waals surface area contributed by atoms with Gasteiger partial charge in [0.25, 0.3) is 0 Å². The Bertz CT molecular complexity index is 299. The Labute approximate surface area is 96.2 Å². The lowest BCUT2D eigenvalue weighted by molar-refractivity contribution is 0.230. The van der Waals surface area contributed by atoms with Gasteiger partial charge < -0.3 is 9.84 Å². The molecular formula is C11H20N4O. The molecule has 1 aliphatic heterocycles. The minimum absolute atomic E-state index is 0.564. The first-order chi connectivity index (χ1) is 7.75. The molecule has 2 rings (SSSR count). The molecule has 90 valence electrons. The van der Waals surface area contributed by atoms with E-state index in [1.807, 2.05) is 0 Å². The molecule has 16 heavy (non-hydrogen) atoms. The second-order valence-corrected chi connectivity index (χ2v) is 4.74. The molecule has 0 amide bonds. The zero-order valence-corrected chi connectivity index (χ0v) is 10.0. The molecule has 0 radical (unpaired) electrons. The lowest BCUT2D eigenvalue weighted by Gasteiger charge is -2.25. The van der Waals surface area contributed by atoms with Gasteiger partial charge in [0.05, 0.1) is 6.54 Å². The van der Waals surface area contributed by atoms with Crippen LogP contribution < -0.4 is 5.32 Å². The summed E-state index contributed by atoms with van der Waals surface area (Å²) in [7, 11) is 0. The van der Waals surface area contributed by atoms with Gasteiger partial charge in [-0.2, -0.15) is 4.98 Å². The van der Waals surface area contributed by atoms with Crippen LogP contribution in [0.25, 0.3) is 0 Å². The van der Waals surface area contributed by atoms with Gasteiger partial charge in [-0.3, -0.25) is 4.90 Å². The van der Waals surface area contributed by atoms with Gasteiger partial charge in [-0.1, -0.05) is 19.0 Å². The summed E-state index contributed by atoms with van der Waals surface area (Å²) in [5.41, 5.74) is 0. The third-order valence-electron chi connectivity index (χ3n) is 3.09. The second-order valence-electron chi connectivity index (χ2n) is 4.74.